The highest BCUT2D eigenvalue weighted by atomic mass is 79.9. The summed E-state index contributed by atoms with van der Waals surface area (Å²) in [7, 11) is 0. The Hall–Kier alpha value is -1.81. The fourth-order valence-corrected chi connectivity index (χ4v) is 3.26. The summed E-state index contributed by atoms with van der Waals surface area (Å²) < 4.78 is 0.798. The number of halogens is 1. The molecule has 1 aliphatic rings. The van der Waals surface area contributed by atoms with E-state index in [-0.39, 0.29) is 5.91 Å². The Morgan fingerprint density at radius 2 is 1.59 bits per heavy atom. The molecule has 2 aromatic carbocycles. The largest absolute Gasteiger partial charge is 0.382 e. The molecule has 1 saturated carbocycles. The molecule has 0 spiro atoms. The third kappa shape index (κ3) is 3.69. The van der Waals surface area contributed by atoms with E-state index in [1.165, 1.54) is 25.7 Å². The van der Waals surface area contributed by atoms with E-state index in [1.807, 2.05) is 42.5 Å². The maximum Gasteiger partial charge on any atom is 0.256 e. The molecule has 1 amide bonds. The highest BCUT2D eigenvalue weighted by Gasteiger charge is 2.14. The Labute approximate surface area is 139 Å². The minimum atomic E-state index is -0.107. The van der Waals surface area contributed by atoms with Crippen molar-refractivity contribution in [2.75, 3.05) is 10.6 Å². The molecule has 0 radical (unpaired) electrons. The summed E-state index contributed by atoms with van der Waals surface area (Å²) in [5.74, 6) is -0.107. The predicted molar refractivity (Wildman–Crippen MR) is 94.4 cm³/mol. The van der Waals surface area contributed by atoms with Crippen LogP contribution in [0.4, 0.5) is 11.4 Å². The van der Waals surface area contributed by atoms with Crippen molar-refractivity contribution in [3.63, 3.8) is 0 Å². The summed E-state index contributed by atoms with van der Waals surface area (Å²) in [5.41, 5.74) is 2.55. The van der Waals surface area contributed by atoms with Crippen LogP contribution < -0.4 is 10.6 Å². The van der Waals surface area contributed by atoms with Gasteiger partial charge in [-0.15, -0.1) is 0 Å². The van der Waals surface area contributed by atoms with Crippen molar-refractivity contribution in [1.29, 1.82) is 0 Å². The van der Waals surface area contributed by atoms with E-state index in [2.05, 4.69) is 26.6 Å². The first kappa shape index (κ1) is 15.1. The normalized spacial score (nSPS) is 14.8. The predicted octanol–water partition coefficient (Wildman–Crippen LogP) is 5.06. The molecule has 22 heavy (non-hydrogen) atoms. The molecule has 0 aromatic heterocycles. The first-order chi connectivity index (χ1) is 10.7. The lowest BCUT2D eigenvalue weighted by Crippen LogP contribution is -2.15. The second-order valence-electron chi connectivity index (χ2n) is 5.64. The van der Waals surface area contributed by atoms with Gasteiger partial charge >= 0.3 is 0 Å². The number of nitrogens with one attached hydrogen (secondary N) is 2. The van der Waals surface area contributed by atoms with Crippen LogP contribution in [0.3, 0.4) is 0 Å². The molecule has 0 bridgehead atoms. The molecule has 114 valence electrons. The number of hydrogen-bond acceptors (Lipinski definition) is 2. The number of anilines is 2. The van der Waals surface area contributed by atoms with Crippen LogP contribution in [0.1, 0.15) is 36.0 Å². The molecular weight excluding hydrogens is 340 g/mol. The second-order valence-corrected chi connectivity index (χ2v) is 6.49. The summed E-state index contributed by atoms with van der Waals surface area (Å²) >= 11 is 3.40. The topological polar surface area (TPSA) is 41.1 Å². The molecule has 2 N–H and O–H groups in total. The lowest BCUT2D eigenvalue weighted by molar-refractivity contribution is 0.102. The Morgan fingerprint density at radius 3 is 2.27 bits per heavy atom. The fourth-order valence-electron chi connectivity index (χ4n) is 2.80. The van der Waals surface area contributed by atoms with Crippen LogP contribution in [0.25, 0.3) is 0 Å². The molecule has 0 atom stereocenters. The van der Waals surface area contributed by atoms with Crippen molar-refractivity contribution in [2.45, 2.75) is 31.7 Å². The van der Waals surface area contributed by atoms with Crippen LogP contribution in [0.5, 0.6) is 0 Å². The Balaban J connectivity index is 1.63. The zero-order chi connectivity index (χ0) is 15.4. The van der Waals surface area contributed by atoms with Crippen molar-refractivity contribution >= 4 is 33.2 Å². The van der Waals surface area contributed by atoms with Crippen LogP contribution in [0, 0.1) is 0 Å². The molecule has 4 heteroatoms. The number of carbonyl (C=O) groups is 1. The second kappa shape index (κ2) is 6.97. The van der Waals surface area contributed by atoms with Gasteiger partial charge in [0, 0.05) is 21.9 Å². The fraction of sp³-hybridized carbons (Fsp3) is 0.278. The zero-order valence-electron chi connectivity index (χ0n) is 12.3. The van der Waals surface area contributed by atoms with Gasteiger partial charge in [-0.25, -0.2) is 0 Å². The van der Waals surface area contributed by atoms with E-state index in [9.17, 15) is 4.79 Å². The number of hydrogen-bond donors (Lipinski definition) is 2. The van der Waals surface area contributed by atoms with E-state index < -0.39 is 0 Å². The van der Waals surface area contributed by atoms with Gasteiger partial charge in [-0.2, -0.15) is 0 Å². The minimum absolute atomic E-state index is 0.107. The van der Waals surface area contributed by atoms with Crippen molar-refractivity contribution in [1.82, 2.24) is 0 Å². The smallest absolute Gasteiger partial charge is 0.256 e. The zero-order valence-corrected chi connectivity index (χ0v) is 13.9. The molecular formula is C18H19BrN2O. The van der Waals surface area contributed by atoms with Crippen LogP contribution >= 0.6 is 15.9 Å². The minimum Gasteiger partial charge on any atom is -0.382 e. The van der Waals surface area contributed by atoms with Crippen LogP contribution in [-0.4, -0.2) is 11.9 Å². The Kier molecular flexibility index (Phi) is 4.78. The lowest BCUT2D eigenvalue weighted by atomic mass is 10.2. The summed E-state index contributed by atoms with van der Waals surface area (Å²) in [6, 6.07) is 15.9. The number of carbonyl (C=O) groups excluding carboxylic acids is 1. The van der Waals surface area contributed by atoms with Crippen LogP contribution in [0.15, 0.2) is 53.0 Å². The van der Waals surface area contributed by atoms with Crippen molar-refractivity contribution < 1.29 is 4.79 Å². The maximum absolute atomic E-state index is 12.2. The summed E-state index contributed by atoms with van der Waals surface area (Å²) in [6.45, 7) is 0. The molecule has 0 saturated heterocycles. The molecule has 3 nitrogen and oxygen atoms in total. The molecule has 1 fully saturated rings. The SMILES string of the molecule is O=C(Nc1ccc(NC2CCCC2)cc1)c1ccccc1Br. The first-order valence-corrected chi connectivity index (χ1v) is 8.44. The molecule has 2 aromatic rings. The third-order valence-corrected chi connectivity index (χ3v) is 4.68. The Morgan fingerprint density at radius 1 is 0.955 bits per heavy atom. The van der Waals surface area contributed by atoms with Gasteiger partial charge in [-0.1, -0.05) is 25.0 Å². The van der Waals surface area contributed by atoms with Gasteiger partial charge in [-0.05, 0) is 65.2 Å². The average Bonchev–Trinajstić information content (AvgIpc) is 3.02. The van der Waals surface area contributed by atoms with E-state index >= 15 is 0 Å². The van der Waals surface area contributed by atoms with Gasteiger partial charge in [0.05, 0.1) is 5.56 Å². The highest BCUT2D eigenvalue weighted by Crippen LogP contribution is 2.23. The van der Waals surface area contributed by atoms with Crippen LogP contribution in [0.2, 0.25) is 0 Å². The molecule has 0 aliphatic heterocycles. The van der Waals surface area contributed by atoms with E-state index in [0.717, 1.165) is 15.8 Å². The third-order valence-electron chi connectivity index (χ3n) is 3.99. The monoisotopic (exact) mass is 358 g/mol. The van der Waals surface area contributed by atoms with Gasteiger partial charge in [0.15, 0.2) is 0 Å². The Bertz CT molecular complexity index is 648. The van der Waals surface area contributed by atoms with Crippen LogP contribution in [-0.2, 0) is 0 Å². The molecule has 3 rings (SSSR count). The van der Waals surface area contributed by atoms with Gasteiger partial charge in [0.2, 0.25) is 0 Å². The number of benzene rings is 2. The van der Waals surface area contributed by atoms with Gasteiger partial charge in [-0.3, -0.25) is 4.79 Å². The maximum atomic E-state index is 12.2. The highest BCUT2D eigenvalue weighted by molar-refractivity contribution is 9.10. The summed E-state index contributed by atoms with van der Waals surface area (Å²) in [6.07, 6.45) is 5.14. The van der Waals surface area contributed by atoms with E-state index in [4.69, 9.17) is 0 Å². The van der Waals surface area contributed by atoms with Gasteiger partial charge in [0.1, 0.15) is 0 Å². The van der Waals surface area contributed by atoms with Crippen molar-refractivity contribution in [3.8, 4) is 0 Å². The number of rotatable bonds is 4. The summed E-state index contributed by atoms with van der Waals surface area (Å²) in [4.78, 5) is 12.2. The molecule has 0 unspecified atom stereocenters. The summed E-state index contributed by atoms with van der Waals surface area (Å²) in [5, 5.41) is 6.47. The lowest BCUT2D eigenvalue weighted by Gasteiger charge is -2.14. The van der Waals surface area contributed by atoms with E-state index in [0.29, 0.717) is 11.6 Å². The average molecular weight is 359 g/mol. The quantitative estimate of drug-likeness (QED) is 0.802. The van der Waals surface area contributed by atoms with Gasteiger partial charge < -0.3 is 10.6 Å². The standard InChI is InChI=1S/C18H19BrN2O/c19-17-8-4-3-7-16(17)18(22)21-15-11-9-14(10-12-15)20-13-5-1-2-6-13/h3-4,7-13,20H,1-2,5-6H2,(H,21,22). The van der Waals surface area contributed by atoms with Crippen molar-refractivity contribution in [3.05, 3.63) is 58.6 Å². The number of amides is 1. The van der Waals surface area contributed by atoms with Crippen molar-refractivity contribution in [2.24, 2.45) is 0 Å². The van der Waals surface area contributed by atoms with Gasteiger partial charge in [0.25, 0.3) is 5.91 Å². The van der Waals surface area contributed by atoms with E-state index in [1.54, 1.807) is 6.07 Å². The molecule has 0 heterocycles. The first-order valence-electron chi connectivity index (χ1n) is 7.65. The molecule has 1 aliphatic carbocycles.